The molecule has 0 aliphatic carbocycles. The molecule has 6 rings (SSSR count). The summed E-state index contributed by atoms with van der Waals surface area (Å²) in [5, 5.41) is 18.2. The zero-order chi connectivity index (χ0) is 27.9. The van der Waals surface area contributed by atoms with Gasteiger partial charge in [-0.15, -0.1) is 0 Å². The summed E-state index contributed by atoms with van der Waals surface area (Å²) in [6.07, 6.45) is 0. The molecule has 0 aromatic heterocycles. The Balaban J connectivity index is 0.000000161. The van der Waals surface area contributed by atoms with Crippen LogP contribution in [0.5, 0.6) is 0 Å². The lowest BCUT2D eigenvalue weighted by atomic mass is 9.85. The minimum atomic E-state index is 0.157. The van der Waals surface area contributed by atoms with E-state index < -0.39 is 0 Å². The van der Waals surface area contributed by atoms with E-state index >= 15 is 0 Å². The van der Waals surface area contributed by atoms with Crippen molar-refractivity contribution in [2.24, 2.45) is 11.8 Å². The zero-order valence-electron chi connectivity index (χ0n) is 23.2. The Morgan fingerprint density at radius 2 is 0.750 bits per heavy atom. The molecule has 4 aromatic rings. The minimum Gasteiger partial charge on any atom is -0.287 e. The molecule has 2 aliphatic heterocycles. The highest BCUT2D eigenvalue weighted by atomic mass is 15.3. The second-order valence-corrected chi connectivity index (χ2v) is 10.8. The van der Waals surface area contributed by atoms with E-state index in [4.69, 9.17) is 10.5 Å². The smallest absolute Gasteiger partial charge is 0.0743 e. The van der Waals surface area contributed by atoms with Crippen LogP contribution in [0.4, 0.5) is 0 Å². The summed E-state index contributed by atoms with van der Waals surface area (Å²) in [5.41, 5.74) is 5.17. The lowest BCUT2D eigenvalue weighted by molar-refractivity contribution is 0.0289. The van der Waals surface area contributed by atoms with E-state index in [9.17, 15) is 0 Å². The number of nitriles is 2. The van der Waals surface area contributed by atoms with Crippen LogP contribution in [-0.4, -0.2) is 35.0 Å². The third-order valence-electron chi connectivity index (χ3n) is 8.48. The summed E-state index contributed by atoms with van der Waals surface area (Å²) in [6.45, 7) is 6.00. The fraction of sp³-hybridized carbons (Fsp3) is 0.278. The van der Waals surface area contributed by atoms with Crippen molar-refractivity contribution in [1.82, 2.24) is 9.80 Å². The number of nitrogens with zero attached hydrogens (tertiary/aromatic N) is 4. The van der Waals surface area contributed by atoms with Crippen molar-refractivity contribution in [2.75, 3.05) is 13.1 Å². The average Bonchev–Trinajstić information content (AvgIpc) is 3.02. The Hall–Kier alpha value is -4.22. The molecule has 0 spiro atoms. The molecule has 0 saturated carbocycles. The molecule has 2 saturated heterocycles. The topological polar surface area (TPSA) is 54.1 Å². The Kier molecular flexibility index (Phi) is 8.72. The van der Waals surface area contributed by atoms with Crippen molar-refractivity contribution >= 4 is 0 Å². The van der Waals surface area contributed by atoms with Gasteiger partial charge in [0.25, 0.3) is 0 Å². The van der Waals surface area contributed by atoms with Gasteiger partial charge in [-0.05, 0) is 36.1 Å². The molecule has 0 amide bonds. The monoisotopic (exact) mass is 524 g/mol. The van der Waals surface area contributed by atoms with Gasteiger partial charge in [-0.25, -0.2) is 0 Å². The third kappa shape index (κ3) is 5.70. The zero-order valence-corrected chi connectivity index (χ0v) is 23.2. The molecule has 40 heavy (non-hydrogen) atoms. The average molecular weight is 525 g/mol. The summed E-state index contributed by atoms with van der Waals surface area (Å²) in [5.74, 6) is 0.315. The lowest BCUT2D eigenvalue weighted by Gasteiger charge is -2.48. The van der Waals surface area contributed by atoms with E-state index in [0.717, 1.165) is 13.1 Å². The normalized spacial score (nSPS) is 22.2. The second-order valence-electron chi connectivity index (χ2n) is 10.8. The summed E-state index contributed by atoms with van der Waals surface area (Å²) >= 11 is 0. The molecule has 4 nitrogen and oxygen atoms in total. The molecule has 4 atom stereocenters. The first-order valence-corrected chi connectivity index (χ1v) is 14.1. The maximum absolute atomic E-state index is 9.12. The van der Waals surface area contributed by atoms with Crippen LogP contribution in [0.15, 0.2) is 121 Å². The maximum atomic E-state index is 9.12. The molecule has 0 bridgehead atoms. The van der Waals surface area contributed by atoms with Crippen molar-refractivity contribution in [1.29, 1.82) is 10.5 Å². The van der Waals surface area contributed by atoms with Gasteiger partial charge in [-0.2, -0.15) is 10.5 Å². The molecule has 0 unspecified atom stereocenters. The number of likely N-dealkylation sites (tertiary alicyclic amines) is 2. The highest BCUT2D eigenvalue weighted by Gasteiger charge is 2.41. The van der Waals surface area contributed by atoms with Gasteiger partial charge >= 0.3 is 0 Å². The molecule has 2 heterocycles. The Morgan fingerprint density at radius 3 is 0.950 bits per heavy atom. The van der Waals surface area contributed by atoms with Crippen molar-refractivity contribution < 1.29 is 0 Å². The van der Waals surface area contributed by atoms with E-state index in [2.05, 4.69) is 133 Å². The maximum Gasteiger partial charge on any atom is 0.0743 e. The number of hydrogen-bond donors (Lipinski definition) is 0. The molecule has 200 valence electrons. The Bertz CT molecular complexity index is 1230. The van der Waals surface area contributed by atoms with Crippen LogP contribution in [0.25, 0.3) is 0 Å². The minimum absolute atomic E-state index is 0.157. The van der Waals surface area contributed by atoms with Crippen molar-refractivity contribution in [3.8, 4) is 12.1 Å². The SMILES string of the molecule is C[C@@H]1[C@@H](C#N)CN1C(c1ccccc1)c1ccccc1.C[C@H]1[C@H](C#N)CN1C(c1ccccc1)c1ccccc1. The van der Waals surface area contributed by atoms with Gasteiger partial charge in [0.1, 0.15) is 0 Å². The van der Waals surface area contributed by atoms with E-state index in [1.165, 1.54) is 22.3 Å². The Morgan fingerprint density at radius 1 is 0.500 bits per heavy atom. The van der Waals surface area contributed by atoms with Crippen molar-refractivity contribution in [3.05, 3.63) is 144 Å². The summed E-state index contributed by atoms with van der Waals surface area (Å²) in [7, 11) is 0. The quantitative estimate of drug-likeness (QED) is 0.267. The molecule has 4 heteroatoms. The van der Waals surface area contributed by atoms with Gasteiger partial charge < -0.3 is 0 Å². The molecule has 4 aromatic carbocycles. The van der Waals surface area contributed by atoms with Gasteiger partial charge in [0.15, 0.2) is 0 Å². The molecule has 0 N–H and O–H groups in total. The first kappa shape index (κ1) is 27.4. The molecular formula is C36H36N4. The molecule has 2 aliphatic rings. The number of benzene rings is 4. The third-order valence-corrected chi connectivity index (χ3v) is 8.48. The van der Waals surface area contributed by atoms with Crippen LogP contribution >= 0.6 is 0 Å². The van der Waals surface area contributed by atoms with Crippen LogP contribution in [0.1, 0.15) is 48.2 Å². The van der Waals surface area contributed by atoms with Crippen LogP contribution in [0, 0.1) is 34.5 Å². The Labute approximate surface area is 238 Å². The highest BCUT2D eigenvalue weighted by Crippen LogP contribution is 2.39. The predicted molar refractivity (Wildman–Crippen MR) is 160 cm³/mol. The van der Waals surface area contributed by atoms with Gasteiger partial charge in [0.2, 0.25) is 0 Å². The fourth-order valence-corrected chi connectivity index (χ4v) is 5.95. The van der Waals surface area contributed by atoms with E-state index in [0.29, 0.717) is 12.1 Å². The van der Waals surface area contributed by atoms with Crippen LogP contribution in [0.3, 0.4) is 0 Å². The summed E-state index contributed by atoms with van der Waals surface area (Å²) in [6, 6.07) is 48.1. The van der Waals surface area contributed by atoms with Crippen LogP contribution in [-0.2, 0) is 0 Å². The van der Waals surface area contributed by atoms with E-state index in [1.54, 1.807) is 0 Å². The fourth-order valence-electron chi connectivity index (χ4n) is 5.95. The summed E-state index contributed by atoms with van der Waals surface area (Å²) < 4.78 is 0. The van der Waals surface area contributed by atoms with Gasteiger partial charge in [-0.3, -0.25) is 9.80 Å². The van der Waals surface area contributed by atoms with Gasteiger partial charge in [-0.1, -0.05) is 121 Å². The largest absolute Gasteiger partial charge is 0.287 e. The van der Waals surface area contributed by atoms with Crippen molar-refractivity contribution in [2.45, 2.75) is 38.0 Å². The van der Waals surface area contributed by atoms with E-state index in [1.807, 2.05) is 24.3 Å². The molecule has 2 fully saturated rings. The van der Waals surface area contributed by atoms with Crippen LogP contribution in [0.2, 0.25) is 0 Å². The first-order valence-electron chi connectivity index (χ1n) is 14.1. The second kappa shape index (κ2) is 12.8. The highest BCUT2D eigenvalue weighted by molar-refractivity contribution is 5.34. The lowest BCUT2D eigenvalue weighted by Crippen LogP contribution is -2.55. The molecular weight excluding hydrogens is 488 g/mol. The number of hydrogen-bond acceptors (Lipinski definition) is 4. The molecule has 0 radical (unpaired) electrons. The first-order chi connectivity index (χ1) is 19.6. The van der Waals surface area contributed by atoms with Gasteiger partial charge in [0.05, 0.1) is 36.1 Å². The predicted octanol–water partition coefficient (Wildman–Crippen LogP) is 7.24. The van der Waals surface area contributed by atoms with Gasteiger partial charge in [0, 0.05) is 25.2 Å². The standard InChI is InChI=1S/2C18H18N2/c2*1-14-17(12-19)13-20(14)18(15-8-4-2-5-9-15)16-10-6-3-7-11-16/h2*2-11,14,17-18H,13H2,1H3/t2*14-,17+/m10/s1. The summed E-state index contributed by atoms with van der Waals surface area (Å²) in [4.78, 5) is 4.83. The van der Waals surface area contributed by atoms with E-state index in [-0.39, 0.29) is 23.9 Å². The number of rotatable bonds is 6. The van der Waals surface area contributed by atoms with Crippen molar-refractivity contribution in [3.63, 3.8) is 0 Å². The van der Waals surface area contributed by atoms with Crippen LogP contribution < -0.4 is 0 Å².